The Bertz CT molecular complexity index is 1040. The van der Waals surface area contributed by atoms with Crippen LogP contribution in [0.1, 0.15) is 258 Å². The lowest BCUT2D eigenvalue weighted by molar-refractivity contribution is -0.305. The first-order chi connectivity index (χ1) is 31.4. The van der Waals surface area contributed by atoms with E-state index in [1.165, 1.54) is 193 Å². The molecule has 0 spiro atoms. The van der Waals surface area contributed by atoms with E-state index in [9.17, 15) is 25.2 Å². The predicted molar refractivity (Wildman–Crippen MR) is 265 cm³/mol. The molecule has 0 aromatic rings. The minimum absolute atomic E-state index is 0.113. The molecule has 0 saturated carbocycles. The lowest BCUT2D eigenvalue weighted by atomic mass is 9.99. The van der Waals surface area contributed by atoms with E-state index in [-0.39, 0.29) is 19.2 Å². The first-order valence-electron chi connectivity index (χ1n) is 27.4. The molecule has 1 aliphatic rings. The molecule has 0 aromatic heterocycles. The van der Waals surface area contributed by atoms with E-state index in [4.69, 9.17) is 18.9 Å². The molecule has 1 heterocycles. The largest absolute Gasteiger partial charge is 0.457 e. The normalized spacial score (nSPS) is 19.6. The highest BCUT2D eigenvalue weighted by Gasteiger charge is 2.44. The third-order valence-corrected chi connectivity index (χ3v) is 12.8. The molecule has 0 aromatic carbocycles. The zero-order valence-electron chi connectivity index (χ0n) is 41.8. The number of rotatable bonds is 48. The van der Waals surface area contributed by atoms with Crippen molar-refractivity contribution < 1.29 is 44.2 Å². The van der Waals surface area contributed by atoms with Gasteiger partial charge < -0.3 is 39.4 Å². The molecule has 4 N–H and O–H groups in total. The van der Waals surface area contributed by atoms with Gasteiger partial charge in [0.1, 0.15) is 30.5 Å². The van der Waals surface area contributed by atoms with Crippen molar-refractivity contribution in [2.45, 2.75) is 295 Å². The number of hydrogen-bond donors (Lipinski definition) is 4. The van der Waals surface area contributed by atoms with Crippen LogP contribution in [0.15, 0.2) is 24.3 Å². The van der Waals surface area contributed by atoms with Crippen molar-refractivity contribution in [1.29, 1.82) is 0 Å². The highest BCUT2D eigenvalue weighted by Crippen LogP contribution is 2.23. The van der Waals surface area contributed by atoms with E-state index in [1.54, 1.807) is 0 Å². The summed E-state index contributed by atoms with van der Waals surface area (Å²) in [4.78, 5) is 12.8. The van der Waals surface area contributed by atoms with E-state index in [0.717, 1.165) is 44.9 Å². The van der Waals surface area contributed by atoms with Gasteiger partial charge in [-0.05, 0) is 64.2 Å². The summed E-state index contributed by atoms with van der Waals surface area (Å²) in [5, 5.41) is 40.3. The summed E-state index contributed by atoms with van der Waals surface area (Å²) in [7, 11) is 0. The third-order valence-electron chi connectivity index (χ3n) is 12.8. The van der Waals surface area contributed by atoms with E-state index in [0.29, 0.717) is 13.0 Å². The van der Waals surface area contributed by atoms with Crippen LogP contribution in [0.25, 0.3) is 0 Å². The van der Waals surface area contributed by atoms with Gasteiger partial charge in [-0.3, -0.25) is 4.79 Å². The Morgan fingerprint density at radius 2 is 0.859 bits per heavy atom. The molecule has 0 radical (unpaired) electrons. The zero-order valence-corrected chi connectivity index (χ0v) is 41.8. The summed E-state index contributed by atoms with van der Waals surface area (Å²) < 4.78 is 22.9. The van der Waals surface area contributed by atoms with Gasteiger partial charge in [-0.15, -0.1) is 0 Å². The number of esters is 1. The van der Waals surface area contributed by atoms with Gasteiger partial charge in [0.25, 0.3) is 0 Å². The first kappa shape index (κ1) is 60.7. The maximum absolute atomic E-state index is 12.8. The molecule has 1 fully saturated rings. The number of aliphatic hydroxyl groups excluding tert-OH is 4. The summed E-state index contributed by atoms with van der Waals surface area (Å²) in [5.41, 5.74) is 0. The van der Waals surface area contributed by atoms with Crippen LogP contribution in [0.4, 0.5) is 0 Å². The number of allylic oxidation sites excluding steroid dienone is 4. The topological polar surface area (TPSA) is 135 Å². The van der Waals surface area contributed by atoms with Crippen LogP contribution in [-0.4, -0.2) is 89.6 Å². The van der Waals surface area contributed by atoms with Crippen molar-refractivity contribution in [2.75, 3.05) is 26.4 Å². The number of carbonyl (C=O) groups is 1. The van der Waals surface area contributed by atoms with Crippen LogP contribution >= 0.6 is 0 Å². The maximum Gasteiger partial charge on any atom is 0.306 e. The lowest BCUT2D eigenvalue weighted by Crippen LogP contribution is -2.59. The van der Waals surface area contributed by atoms with Gasteiger partial charge in [0.2, 0.25) is 0 Å². The summed E-state index contributed by atoms with van der Waals surface area (Å²) in [5.74, 6) is -0.318. The van der Waals surface area contributed by atoms with Crippen LogP contribution in [0.5, 0.6) is 0 Å². The second-order valence-corrected chi connectivity index (χ2v) is 19.0. The summed E-state index contributed by atoms with van der Waals surface area (Å²) in [6.45, 7) is 4.59. The Hall–Kier alpha value is -1.33. The van der Waals surface area contributed by atoms with Gasteiger partial charge in [-0.2, -0.15) is 0 Å². The smallest absolute Gasteiger partial charge is 0.306 e. The fourth-order valence-electron chi connectivity index (χ4n) is 8.54. The van der Waals surface area contributed by atoms with Crippen molar-refractivity contribution in [3.63, 3.8) is 0 Å². The van der Waals surface area contributed by atoms with Gasteiger partial charge in [-0.25, -0.2) is 0 Å². The maximum atomic E-state index is 12.8. The highest BCUT2D eigenvalue weighted by molar-refractivity contribution is 5.69. The molecule has 0 amide bonds. The molecule has 9 nitrogen and oxygen atoms in total. The number of hydrogen-bond acceptors (Lipinski definition) is 9. The molecular formula is C55H104O9. The van der Waals surface area contributed by atoms with Crippen molar-refractivity contribution in [3.05, 3.63) is 24.3 Å². The van der Waals surface area contributed by atoms with Crippen molar-refractivity contribution in [3.8, 4) is 0 Å². The van der Waals surface area contributed by atoms with Gasteiger partial charge in [-0.1, -0.05) is 212 Å². The van der Waals surface area contributed by atoms with Crippen molar-refractivity contribution >= 4 is 5.97 Å². The number of unbranched alkanes of at least 4 members (excludes halogenated alkanes) is 33. The molecule has 1 aliphatic heterocycles. The quantitative estimate of drug-likeness (QED) is 0.0267. The molecule has 9 heteroatoms. The van der Waals surface area contributed by atoms with Crippen molar-refractivity contribution in [2.24, 2.45) is 0 Å². The fraction of sp³-hybridized carbons (Fsp3) is 0.909. The summed E-state index contributed by atoms with van der Waals surface area (Å²) in [6, 6.07) is 0. The monoisotopic (exact) mass is 909 g/mol. The average Bonchev–Trinajstić information content (AvgIpc) is 3.30. The Kier molecular flexibility index (Phi) is 44.3. The molecular weight excluding hydrogens is 805 g/mol. The third kappa shape index (κ3) is 36.7. The van der Waals surface area contributed by atoms with E-state index < -0.39 is 43.4 Å². The van der Waals surface area contributed by atoms with Crippen LogP contribution in [0, 0.1) is 0 Å². The molecule has 6 atom stereocenters. The van der Waals surface area contributed by atoms with Crippen LogP contribution in [-0.2, 0) is 23.7 Å². The van der Waals surface area contributed by atoms with E-state index in [2.05, 4.69) is 38.2 Å². The van der Waals surface area contributed by atoms with E-state index >= 15 is 0 Å². The van der Waals surface area contributed by atoms with Gasteiger partial charge in [0, 0.05) is 13.0 Å². The van der Waals surface area contributed by atoms with Crippen LogP contribution < -0.4 is 0 Å². The number of ether oxygens (including phenoxy) is 4. The Labute approximate surface area is 394 Å². The second-order valence-electron chi connectivity index (χ2n) is 19.0. The van der Waals surface area contributed by atoms with Gasteiger partial charge in [0.05, 0.1) is 19.8 Å². The Morgan fingerprint density at radius 3 is 1.27 bits per heavy atom. The van der Waals surface area contributed by atoms with Crippen molar-refractivity contribution in [1.82, 2.24) is 0 Å². The van der Waals surface area contributed by atoms with Crippen LogP contribution in [0.3, 0.4) is 0 Å². The molecule has 378 valence electrons. The fourth-order valence-corrected chi connectivity index (χ4v) is 8.54. The highest BCUT2D eigenvalue weighted by atomic mass is 16.7. The van der Waals surface area contributed by atoms with Gasteiger partial charge in [0.15, 0.2) is 6.29 Å². The Balaban J connectivity index is 2.13. The minimum atomic E-state index is -1.54. The Morgan fingerprint density at radius 1 is 0.484 bits per heavy atom. The summed E-state index contributed by atoms with van der Waals surface area (Å²) >= 11 is 0. The van der Waals surface area contributed by atoms with Gasteiger partial charge >= 0.3 is 5.97 Å². The van der Waals surface area contributed by atoms with Crippen LogP contribution in [0.2, 0.25) is 0 Å². The number of carbonyl (C=O) groups excluding carboxylic acids is 1. The molecule has 1 rings (SSSR count). The second kappa shape index (κ2) is 46.8. The molecule has 1 saturated heterocycles. The molecule has 0 bridgehead atoms. The first-order valence-corrected chi connectivity index (χ1v) is 27.4. The van der Waals surface area contributed by atoms with E-state index in [1.807, 2.05) is 0 Å². The molecule has 6 unspecified atom stereocenters. The lowest BCUT2D eigenvalue weighted by Gasteiger charge is -2.39. The minimum Gasteiger partial charge on any atom is -0.457 e. The summed E-state index contributed by atoms with van der Waals surface area (Å²) in [6.07, 6.45) is 49.4. The number of aliphatic hydroxyl groups is 4. The predicted octanol–water partition coefficient (Wildman–Crippen LogP) is 13.7. The molecule has 0 aliphatic carbocycles. The zero-order chi connectivity index (χ0) is 46.4. The average molecular weight is 909 g/mol. The standard InChI is InChI=1S/C55H104O9/c1-3-5-7-9-11-13-15-17-19-20-21-22-23-24-25-26-27-28-29-31-33-35-37-39-41-43-45-61-47-49(48-62-55-54(60)53(59)52(58)50(46-56)64-55)63-51(57)44-42-40-38-36-34-32-30-18-16-14-12-10-8-6-4-2/h18,20-21,30,49-50,52-56,58-60H,3-17,19,22-29,31-48H2,1-2H3/b21-20-,30-18-. The SMILES string of the molecule is CCCCCCCC/C=C\CCCCCCCC(=O)OC(COCCCCCCCCCCCCCCCC/C=C\CCCCCCCCCC)COC1OC(CO)C(O)C(O)C1O. The molecule has 64 heavy (non-hydrogen) atoms.